The molecule has 1 N–H and O–H groups in total. The lowest BCUT2D eigenvalue weighted by molar-refractivity contribution is -0.123. The Hall–Kier alpha value is -1.55. The smallest absolute Gasteiger partial charge is 0.225 e. The summed E-state index contributed by atoms with van der Waals surface area (Å²) in [4.78, 5) is 14.4. The monoisotopic (exact) mass is 288 g/mol. The molecule has 1 fully saturated rings. The molecule has 1 aliphatic heterocycles. The van der Waals surface area contributed by atoms with Crippen LogP contribution in [0.3, 0.4) is 0 Å². The van der Waals surface area contributed by atoms with Crippen LogP contribution in [0.4, 0.5) is 5.69 Å². The second kappa shape index (κ2) is 6.06. The summed E-state index contributed by atoms with van der Waals surface area (Å²) in [6, 6.07) is 9.06. The number of carbonyl (C=O) groups is 1. The van der Waals surface area contributed by atoms with Crippen molar-refractivity contribution in [2.24, 2.45) is 5.92 Å². The first kappa shape index (κ1) is 14.4. The van der Waals surface area contributed by atoms with Crippen molar-refractivity contribution in [2.75, 3.05) is 24.6 Å². The van der Waals surface area contributed by atoms with Gasteiger partial charge < -0.3 is 15.0 Å². The van der Waals surface area contributed by atoms with E-state index >= 15 is 0 Å². The standard InChI is InChI=1S/C17H24N2O2/c1-3-21-16-11-14(16)17(20)18-8-9-19-12(2)10-13-6-4-5-7-15(13)19/h4-7,12,14,16H,3,8-11H2,1-2H3,(H,18,20)/t12-,14+,16-/m1/s1. The van der Waals surface area contributed by atoms with Gasteiger partial charge in [-0.05, 0) is 38.3 Å². The Kier molecular flexibility index (Phi) is 4.15. The maximum atomic E-state index is 12.0. The van der Waals surface area contributed by atoms with Gasteiger partial charge >= 0.3 is 0 Å². The Labute approximate surface area is 126 Å². The van der Waals surface area contributed by atoms with Crippen molar-refractivity contribution >= 4 is 11.6 Å². The third-order valence-electron chi connectivity index (χ3n) is 4.45. The predicted octanol–water partition coefficient (Wildman–Crippen LogP) is 1.98. The van der Waals surface area contributed by atoms with Crippen LogP contribution in [0, 0.1) is 5.92 Å². The van der Waals surface area contributed by atoms with Gasteiger partial charge in [0.2, 0.25) is 5.91 Å². The van der Waals surface area contributed by atoms with Gasteiger partial charge in [0.1, 0.15) is 0 Å². The van der Waals surface area contributed by atoms with Crippen LogP contribution < -0.4 is 10.2 Å². The molecule has 0 saturated heterocycles. The molecule has 1 amide bonds. The molecule has 0 bridgehead atoms. The van der Waals surface area contributed by atoms with Crippen molar-refractivity contribution in [3.05, 3.63) is 29.8 Å². The summed E-state index contributed by atoms with van der Waals surface area (Å²) in [5.74, 6) is 0.224. The molecule has 4 nitrogen and oxygen atoms in total. The summed E-state index contributed by atoms with van der Waals surface area (Å²) in [6.45, 7) is 6.48. The number of ether oxygens (including phenoxy) is 1. The molecule has 1 aromatic carbocycles. The van der Waals surface area contributed by atoms with Crippen molar-refractivity contribution < 1.29 is 9.53 Å². The lowest BCUT2D eigenvalue weighted by atomic mass is 10.1. The molecule has 0 radical (unpaired) electrons. The first-order valence-electron chi connectivity index (χ1n) is 7.94. The summed E-state index contributed by atoms with van der Waals surface area (Å²) >= 11 is 0. The number of benzene rings is 1. The quantitative estimate of drug-likeness (QED) is 0.870. The Morgan fingerprint density at radius 2 is 2.24 bits per heavy atom. The van der Waals surface area contributed by atoms with Gasteiger partial charge in [-0.3, -0.25) is 4.79 Å². The number of amides is 1. The van der Waals surface area contributed by atoms with E-state index in [1.807, 2.05) is 6.92 Å². The number of para-hydroxylation sites is 1. The zero-order valence-corrected chi connectivity index (χ0v) is 12.8. The van der Waals surface area contributed by atoms with E-state index in [1.165, 1.54) is 11.3 Å². The van der Waals surface area contributed by atoms with Crippen molar-refractivity contribution in [1.82, 2.24) is 5.32 Å². The second-order valence-corrected chi connectivity index (χ2v) is 6.00. The Bertz CT molecular complexity index is 517. The number of nitrogens with one attached hydrogen (secondary N) is 1. The Morgan fingerprint density at radius 1 is 1.43 bits per heavy atom. The van der Waals surface area contributed by atoms with Gasteiger partial charge in [0, 0.05) is 31.4 Å². The number of anilines is 1. The van der Waals surface area contributed by atoms with E-state index < -0.39 is 0 Å². The summed E-state index contributed by atoms with van der Waals surface area (Å²) in [7, 11) is 0. The summed E-state index contributed by atoms with van der Waals surface area (Å²) in [6.07, 6.45) is 2.13. The average molecular weight is 288 g/mol. The molecular weight excluding hydrogens is 264 g/mol. The van der Waals surface area contributed by atoms with Gasteiger partial charge in [0.05, 0.1) is 12.0 Å². The van der Waals surface area contributed by atoms with Gasteiger partial charge in [-0.1, -0.05) is 18.2 Å². The zero-order valence-electron chi connectivity index (χ0n) is 12.8. The normalized spacial score (nSPS) is 26.6. The number of rotatable bonds is 6. The minimum absolute atomic E-state index is 0.0771. The molecular formula is C17H24N2O2. The lowest BCUT2D eigenvalue weighted by Gasteiger charge is -2.25. The van der Waals surface area contributed by atoms with Crippen LogP contribution in [-0.2, 0) is 16.0 Å². The molecule has 2 aliphatic rings. The highest BCUT2D eigenvalue weighted by molar-refractivity contribution is 5.82. The van der Waals surface area contributed by atoms with Crippen molar-refractivity contribution in [1.29, 1.82) is 0 Å². The molecule has 4 heteroatoms. The topological polar surface area (TPSA) is 41.6 Å². The SMILES string of the molecule is CCO[C@@H]1C[C@@H]1C(=O)NCCN1c2ccccc2C[C@H]1C. The highest BCUT2D eigenvalue weighted by Gasteiger charge is 2.43. The van der Waals surface area contributed by atoms with Crippen LogP contribution in [0.2, 0.25) is 0 Å². The van der Waals surface area contributed by atoms with Crippen LogP contribution in [0.25, 0.3) is 0 Å². The maximum Gasteiger partial charge on any atom is 0.225 e. The Balaban J connectivity index is 1.47. The number of fused-ring (bicyclic) bond motifs is 1. The summed E-state index contributed by atoms with van der Waals surface area (Å²) in [5.41, 5.74) is 2.73. The van der Waals surface area contributed by atoms with Gasteiger partial charge in [0.25, 0.3) is 0 Å². The van der Waals surface area contributed by atoms with E-state index in [-0.39, 0.29) is 17.9 Å². The van der Waals surface area contributed by atoms with Gasteiger partial charge in [-0.15, -0.1) is 0 Å². The fourth-order valence-electron chi connectivity index (χ4n) is 3.25. The van der Waals surface area contributed by atoms with Crippen LogP contribution >= 0.6 is 0 Å². The number of hydrogen-bond acceptors (Lipinski definition) is 3. The first-order valence-corrected chi connectivity index (χ1v) is 7.94. The molecule has 3 rings (SSSR count). The molecule has 1 saturated carbocycles. The van der Waals surface area contributed by atoms with Crippen molar-refractivity contribution in [3.63, 3.8) is 0 Å². The molecule has 114 valence electrons. The highest BCUT2D eigenvalue weighted by Crippen LogP contribution is 2.34. The minimum atomic E-state index is 0.0771. The molecule has 1 heterocycles. The number of nitrogens with zero attached hydrogens (tertiary/aromatic N) is 1. The van der Waals surface area contributed by atoms with Crippen molar-refractivity contribution in [3.8, 4) is 0 Å². The minimum Gasteiger partial charge on any atom is -0.378 e. The molecule has 0 spiro atoms. The zero-order chi connectivity index (χ0) is 14.8. The van der Waals surface area contributed by atoms with E-state index in [2.05, 4.69) is 41.4 Å². The van der Waals surface area contributed by atoms with Crippen LogP contribution in [0.5, 0.6) is 0 Å². The summed E-state index contributed by atoms with van der Waals surface area (Å²) in [5, 5.41) is 3.05. The lowest BCUT2D eigenvalue weighted by Crippen LogP contribution is -2.38. The molecule has 1 aliphatic carbocycles. The number of hydrogen-bond donors (Lipinski definition) is 1. The first-order chi connectivity index (χ1) is 10.2. The Morgan fingerprint density at radius 3 is 3.05 bits per heavy atom. The molecule has 1 aromatic rings. The summed E-state index contributed by atoms with van der Waals surface area (Å²) < 4.78 is 5.46. The van der Waals surface area contributed by atoms with E-state index in [1.54, 1.807) is 0 Å². The molecule has 3 atom stereocenters. The van der Waals surface area contributed by atoms with Gasteiger partial charge in [-0.2, -0.15) is 0 Å². The molecule has 0 aromatic heterocycles. The van der Waals surface area contributed by atoms with E-state index in [4.69, 9.17) is 4.74 Å². The maximum absolute atomic E-state index is 12.0. The van der Waals surface area contributed by atoms with E-state index in [9.17, 15) is 4.79 Å². The van der Waals surface area contributed by atoms with Gasteiger partial charge in [0.15, 0.2) is 0 Å². The third-order valence-corrected chi connectivity index (χ3v) is 4.45. The fourth-order valence-corrected chi connectivity index (χ4v) is 3.25. The van der Waals surface area contributed by atoms with E-state index in [0.29, 0.717) is 19.2 Å². The van der Waals surface area contributed by atoms with Crippen LogP contribution in [-0.4, -0.2) is 37.7 Å². The fraction of sp³-hybridized carbons (Fsp3) is 0.588. The average Bonchev–Trinajstić information content (AvgIpc) is 3.17. The molecule has 0 unspecified atom stereocenters. The second-order valence-electron chi connectivity index (χ2n) is 6.00. The highest BCUT2D eigenvalue weighted by atomic mass is 16.5. The van der Waals surface area contributed by atoms with E-state index in [0.717, 1.165) is 19.4 Å². The van der Waals surface area contributed by atoms with Crippen LogP contribution in [0.1, 0.15) is 25.8 Å². The molecule has 21 heavy (non-hydrogen) atoms. The van der Waals surface area contributed by atoms with Gasteiger partial charge in [-0.25, -0.2) is 0 Å². The predicted molar refractivity (Wildman–Crippen MR) is 83.5 cm³/mol. The largest absolute Gasteiger partial charge is 0.378 e. The number of carbonyl (C=O) groups excluding carboxylic acids is 1. The van der Waals surface area contributed by atoms with Crippen LogP contribution in [0.15, 0.2) is 24.3 Å². The van der Waals surface area contributed by atoms with Crippen molar-refractivity contribution in [2.45, 2.75) is 38.8 Å². The third kappa shape index (κ3) is 3.05.